The molecule has 0 spiro atoms. The van der Waals surface area contributed by atoms with Gasteiger partial charge < -0.3 is 11.1 Å². The minimum absolute atomic E-state index is 0.178. The number of aromatic nitrogens is 3. The summed E-state index contributed by atoms with van der Waals surface area (Å²) in [6.07, 6.45) is 3.48. The number of pyridine rings is 1. The molecule has 28 heavy (non-hydrogen) atoms. The Bertz CT molecular complexity index is 1040. The van der Waals surface area contributed by atoms with Gasteiger partial charge in [-0.2, -0.15) is 0 Å². The summed E-state index contributed by atoms with van der Waals surface area (Å²) in [5, 5.41) is 3.06. The van der Waals surface area contributed by atoms with E-state index < -0.39 is 17.7 Å². The number of benzene rings is 1. The molecule has 146 valence electrons. The third-order valence-corrected chi connectivity index (χ3v) is 4.49. The summed E-state index contributed by atoms with van der Waals surface area (Å²) in [6, 6.07) is 6.52. The summed E-state index contributed by atoms with van der Waals surface area (Å²) in [5.41, 5.74) is 8.10. The third-order valence-electron chi connectivity index (χ3n) is 4.49. The maximum Gasteiger partial charge on any atom is 0.258 e. The van der Waals surface area contributed by atoms with E-state index in [4.69, 9.17) is 5.73 Å². The van der Waals surface area contributed by atoms with Gasteiger partial charge in [-0.25, -0.2) is 13.8 Å². The van der Waals surface area contributed by atoms with E-state index in [0.717, 1.165) is 11.6 Å². The lowest BCUT2D eigenvalue weighted by Gasteiger charge is -2.17. The van der Waals surface area contributed by atoms with Crippen molar-refractivity contribution in [1.82, 2.24) is 14.5 Å². The standard InChI is InChI=1S/C20H21F2N5O/c1-12-18(13-5-7-24-8-6-13)26-20(27(2)19(12)28)25-11-16(23)9-14-3-4-15(21)10-17(14)22/h3-8,10,16H,9,11,23H2,1-2H3,(H,25,26). The molecular formula is C20H21F2N5O. The first-order valence-electron chi connectivity index (χ1n) is 8.78. The second kappa shape index (κ2) is 8.26. The van der Waals surface area contributed by atoms with Crippen LogP contribution in [0.2, 0.25) is 0 Å². The molecule has 0 fully saturated rings. The van der Waals surface area contributed by atoms with Crippen LogP contribution in [-0.2, 0) is 13.5 Å². The van der Waals surface area contributed by atoms with Crippen molar-refractivity contribution in [2.75, 3.05) is 11.9 Å². The normalized spacial score (nSPS) is 12.0. The molecule has 2 aromatic heterocycles. The molecule has 0 bridgehead atoms. The summed E-state index contributed by atoms with van der Waals surface area (Å²) >= 11 is 0. The molecule has 8 heteroatoms. The maximum absolute atomic E-state index is 13.8. The van der Waals surface area contributed by atoms with Crippen molar-refractivity contribution >= 4 is 5.95 Å². The number of hydrogen-bond acceptors (Lipinski definition) is 5. The first-order chi connectivity index (χ1) is 13.4. The van der Waals surface area contributed by atoms with Gasteiger partial charge in [-0.05, 0) is 37.1 Å². The van der Waals surface area contributed by atoms with E-state index in [1.807, 2.05) is 0 Å². The van der Waals surface area contributed by atoms with Crippen molar-refractivity contribution in [3.05, 3.63) is 75.8 Å². The summed E-state index contributed by atoms with van der Waals surface area (Å²) in [5.74, 6) is -0.899. The van der Waals surface area contributed by atoms with Crippen LogP contribution in [0.15, 0.2) is 47.5 Å². The molecule has 0 amide bonds. The van der Waals surface area contributed by atoms with Crippen LogP contribution in [-0.4, -0.2) is 27.1 Å². The number of halogens is 2. The molecule has 2 heterocycles. The lowest BCUT2D eigenvalue weighted by atomic mass is 10.1. The Morgan fingerprint density at radius 2 is 1.93 bits per heavy atom. The Morgan fingerprint density at radius 3 is 2.61 bits per heavy atom. The average molecular weight is 385 g/mol. The van der Waals surface area contributed by atoms with E-state index in [1.54, 1.807) is 38.5 Å². The van der Waals surface area contributed by atoms with Crippen molar-refractivity contribution < 1.29 is 8.78 Å². The van der Waals surface area contributed by atoms with Crippen LogP contribution in [0.4, 0.5) is 14.7 Å². The SMILES string of the molecule is Cc1c(-c2ccncc2)nc(NCC(N)Cc2ccc(F)cc2F)n(C)c1=O. The van der Waals surface area contributed by atoms with Gasteiger partial charge in [0.1, 0.15) is 11.6 Å². The van der Waals surface area contributed by atoms with Gasteiger partial charge in [0.05, 0.1) is 5.69 Å². The van der Waals surface area contributed by atoms with Crippen LogP contribution >= 0.6 is 0 Å². The average Bonchev–Trinajstić information content (AvgIpc) is 2.68. The fraction of sp³-hybridized carbons (Fsp3) is 0.250. The van der Waals surface area contributed by atoms with Crippen molar-refractivity contribution in [1.29, 1.82) is 0 Å². The summed E-state index contributed by atoms with van der Waals surface area (Å²) in [6.45, 7) is 1.98. The molecule has 6 nitrogen and oxygen atoms in total. The zero-order valence-electron chi connectivity index (χ0n) is 15.6. The van der Waals surface area contributed by atoms with E-state index in [-0.39, 0.29) is 18.5 Å². The quantitative estimate of drug-likeness (QED) is 0.681. The van der Waals surface area contributed by atoms with E-state index in [2.05, 4.69) is 15.3 Å². The highest BCUT2D eigenvalue weighted by molar-refractivity contribution is 5.63. The van der Waals surface area contributed by atoms with E-state index in [0.29, 0.717) is 22.8 Å². The molecule has 3 rings (SSSR count). The highest BCUT2D eigenvalue weighted by Gasteiger charge is 2.14. The Labute approximate surface area is 161 Å². The van der Waals surface area contributed by atoms with Crippen LogP contribution in [0, 0.1) is 18.6 Å². The number of nitrogens with zero attached hydrogens (tertiary/aromatic N) is 3. The topological polar surface area (TPSA) is 85.8 Å². The Hall–Kier alpha value is -3.13. The highest BCUT2D eigenvalue weighted by atomic mass is 19.1. The lowest BCUT2D eigenvalue weighted by molar-refractivity contribution is 0.562. The van der Waals surface area contributed by atoms with E-state index in [9.17, 15) is 13.6 Å². The van der Waals surface area contributed by atoms with Crippen LogP contribution in [0.25, 0.3) is 11.3 Å². The smallest absolute Gasteiger partial charge is 0.258 e. The minimum Gasteiger partial charge on any atom is -0.354 e. The van der Waals surface area contributed by atoms with Gasteiger partial charge in [0.25, 0.3) is 5.56 Å². The largest absolute Gasteiger partial charge is 0.354 e. The molecule has 0 aliphatic heterocycles. The minimum atomic E-state index is -0.629. The Morgan fingerprint density at radius 1 is 1.21 bits per heavy atom. The Kier molecular flexibility index (Phi) is 5.79. The number of nitrogens with one attached hydrogen (secondary N) is 1. The lowest BCUT2D eigenvalue weighted by Crippen LogP contribution is -2.34. The molecule has 0 saturated heterocycles. The predicted molar refractivity (Wildman–Crippen MR) is 104 cm³/mol. The molecule has 3 N–H and O–H groups in total. The van der Waals surface area contributed by atoms with Gasteiger partial charge >= 0.3 is 0 Å². The molecule has 1 aromatic carbocycles. The monoisotopic (exact) mass is 385 g/mol. The van der Waals surface area contributed by atoms with Crippen LogP contribution in [0.3, 0.4) is 0 Å². The second-order valence-corrected chi connectivity index (χ2v) is 6.59. The molecule has 1 unspecified atom stereocenters. The summed E-state index contributed by atoms with van der Waals surface area (Å²) in [4.78, 5) is 21.1. The first kappa shape index (κ1) is 19.6. The van der Waals surface area contributed by atoms with Gasteiger partial charge in [0.15, 0.2) is 0 Å². The zero-order chi connectivity index (χ0) is 20.3. The van der Waals surface area contributed by atoms with Crippen molar-refractivity contribution in [2.45, 2.75) is 19.4 Å². The number of anilines is 1. The van der Waals surface area contributed by atoms with Crippen molar-refractivity contribution in [2.24, 2.45) is 12.8 Å². The fourth-order valence-electron chi connectivity index (χ4n) is 2.93. The number of nitrogens with two attached hydrogens (primary N) is 1. The van der Waals surface area contributed by atoms with Gasteiger partial charge in [-0.15, -0.1) is 0 Å². The molecular weight excluding hydrogens is 364 g/mol. The third kappa shape index (κ3) is 4.23. The maximum atomic E-state index is 13.8. The second-order valence-electron chi connectivity index (χ2n) is 6.59. The molecule has 3 aromatic rings. The van der Waals surface area contributed by atoms with Crippen LogP contribution in [0.5, 0.6) is 0 Å². The Balaban J connectivity index is 1.78. The van der Waals surface area contributed by atoms with Crippen LogP contribution < -0.4 is 16.6 Å². The molecule has 0 aliphatic carbocycles. The van der Waals surface area contributed by atoms with E-state index in [1.165, 1.54) is 16.7 Å². The number of rotatable bonds is 6. The van der Waals surface area contributed by atoms with Gasteiger partial charge in [0, 0.05) is 49.2 Å². The predicted octanol–water partition coefficient (Wildman–Crippen LogP) is 2.41. The fourth-order valence-corrected chi connectivity index (χ4v) is 2.93. The highest BCUT2D eigenvalue weighted by Crippen LogP contribution is 2.19. The van der Waals surface area contributed by atoms with Crippen molar-refractivity contribution in [3.63, 3.8) is 0 Å². The van der Waals surface area contributed by atoms with Crippen molar-refractivity contribution in [3.8, 4) is 11.3 Å². The molecule has 0 aliphatic rings. The molecule has 1 atom stereocenters. The van der Waals surface area contributed by atoms with Gasteiger partial charge in [-0.1, -0.05) is 6.07 Å². The van der Waals surface area contributed by atoms with E-state index >= 15 is 0 Å². The van der Waals surface area contributed by atoms with Gasteiger partial charge in [0.2, 0.25) is 5.95 Å². The summed E-state index contributed by atoms with van der Waals surface area (Å²) in [7, 11) is 1.62. The zero-order valence-corrected chi connectivity index (χ0v) is 15.6. The first-order valence-corrected chi connectivity index (χ1v) is 8.78. The summed E-state index contributed by atoms with van der Waals surface area (Å²) < 4.78 is 28.2. The van der Waals surface area contributed by atoms with Crippen LogP contribution in [0.1, 0.15) is 11.1 Å². The molecule has 0 radical (unpaired) electrons. The van der Waals surface area contributed by atoms with Gasteiger partial charge in [-0.3, -0.25) is 14.3 Å². The number of hydrogen-bond donors (Lipinski definition) is 2. The molecule has 0 saturated carbocycles.